The minimum atomic E-state index is -0.966. The van der Waals surface area contributed by atoms with Gasteiger partial charge in [0.25, 0.3) is 5.69 Å². The highest BCUT2D eigenvalue weighted by Crippen LogP contribution is 2.33. The van der Waals surface area contributed by atoms with E-state index in [2.05, 4.69) is 10.6 Å². The molecule has 0 amide bonds. The van der Waals surface area contributed by atoms with E-state index in [0.29, 0.717) is 24.6 Å². The average Bonchev–Trinajstić information content (AvgIpc) is 2.43. The number of anilines is 2. The number of aliphatic hydroxyl groups excluding tert-OH is 2. The van der Waals surface area contributed by atoms with Gasteiger partial charge in [0.05, 0.1) is 24.2 Å². The fourth-order valence-electron chi connectivity index (χ4n) is 1.79. The van der Waals surface area contributed by atoms with Gasteiger partial charge in [0, 0.05) is 23.9 Å². The maximum absolute atomic E-state index is 11.0. The molecule has 1 aliphatic heterocycles. The molecule has 0 saturated heterocycles. The zero-order valence-electron chi connectivity index (χ0n) is 10.1. The summed E-state index contributed by atoms with van der Waals surface area (Å²) >= 11 is 0. The Labute approximate surface area is 109 Å². The first-order chi connectivity index (χ1) is 9.11. The summed E-state index contributed by atoms with van der Waals surface area (Å²) < 4.78 is 5.16. The molecule has 1 aromatic rings. The molecule has 104 valence electrons. The van der Waals surface area contributed by atoms with E-state index in [0.717, 1.165) is 5.69 Å². The highest BCUT2D eigenvalue weighted by Gasteiger charge is 2.20. The van der Waals surface area contributed by atoms with Crippen molar-refractivity contribution in [3.8, 4) is 0 Å². The first-order valence-electron chi connectivity index (χ1n) is 5.77. The number of nitro benzene ring substituents is 1. The van der Waals surface area contributed by atoms with Crippen LogP contribution in [-0.4, -0.2) is 41.1 Å². The van der Waals surface area contributed by atoms with Crippen LogP contribution < -0.4 is 10.6 Å². The number of benzene rings is 1. The Hall–Kier alpha value is -1.90. The van der Waals surface area contributed by atoms with E-state index in [4.69, 9.17) is 9.84 Å². The van der Waals surface area contributed by atoms with Gasteiger partial charge >= 0.3 is 0 Å². The molecule has 0 spiro atoms. The number of rotatable bonds is 5. The SMILES string of the molecule is O=[N+]([O-])c1cc2c(cc1NCC(O)CO)NCOC2. The first kappa shape index (κ1) is 13.5. The van der Waals surface area contributed by atoms with Crippen LogP contribution in [0.3, 0.4) is 0 Å². The van der Waals surface area contributed by atoms with Crippen molar-refractivity contribution >= 4 is 17.1 Å². The normalized spacial score (nSPS) is 15.3. The Bertz CT molecular complexity index is 480. The van der Waals surface area contributed by atoms with Crippen molar-refractivity contribution in [2.45, 2.75) is 12.7 Å². The monoisotopic (exact) mass is 269 g/mol. The van der Waals surface area contributed by atoms with Crippen LogP contribution in [0.2, 0.25) is 0 Å². The van der Waals surface area contributed by atoms with Crippen molar-refractivity contribution in [3.63, 3.8) is 0 Å². The van der Waals surface area contributed by atoms with Gasteiger partial charge in [-0.15, -0.1) is 0 Å². The van der Waals surface area contributed by atoms with Crippen LogP contribution in [0, 0.1) is 10.1 Å². The molecule has 19 heavy (non-hydrogen) atoms. The fourth-order valence-corrected chi connectivity index (χ4v) is 1.79. The summed E-state index contributed by atoms with van der Waals surface area (Å²) in [6.45, 7) is 0.302. The molecular weight excluding hydrogens is 254 g/mol. The molecule has 1 unspecified atom stereocenters. The molecule has 1 aliphatic rings. The van der Waals surface area contributed by atoms with Crippen LogP contribution in [0.5, 0.6) is 0 Å². The van der Waals surface area contributed by atoms with Crippen molar-refractivity contribution in [2.75, 3.05) is 30.5 Å². The quantitative estimate of drug-likeness (QED) is 0.447. The van der Waals surface area contributed by atoms with Crippen molar-refractivity contribution < 1.29 is 19.9 Å². The lowest BCUT2D eigenvalue weighted by Gasteiger charge is -2.20. The predicted octanol–water partition coefficient (Wildman–Crippen LogP) is 0.259. The van der Waals surface area contributed by atoms with Crippen LogP contribution >= 0.6 is 0 Å². The summed E-state index contributed by atoms with van der Waals surface area (Å²) in [7, 11) is 0. The van der Waals surface area contributed by atoms with Crippen LogP contribution in [0.1, 0.15) is 5.56 Å². The number of nitro groups is 1. The van der Waals surface area contributed by atoms with Gasteiger partial charge in [-0.05, 0) is 6.07 Å². The zero-order chi connectivity index (χ0) is 13.8. The topological polar surface area (TPSA) is 117 Å². The third kappa shape index (κ3) is 3.11. The molecule has 8 heteroatoms. The highest BCUT2D eigenvalue weighted by molar-refractivity contribution is 5.72. The molecule has 0 saturated carbocycles. The number of nitrogens with one attached hydrogen (secondary N) is 2. The lowest BCUT2D eigenvalue weighted by atomic mass is 10.1. The average molecular weight is 269 g/mol. The third-order valence-corrected chi connectivity index (χ3v) is 2.78. The zero-order valence-corrected chi connectivity index (χ0v) is 10.1. The maximum Gasteiger partial charge on any atom is 0.292 e. The van der Waals surface area contributed by atoms with E-state index in [1.165, 1.54) is 6.07 Å². The molecule has 1 aromatic carbocycles. The van der Waals surface area contributed by atoms with E-state index in [9.17, 15) is 15.2 Å². The molecular formula is C11H15N3O5. The molecule has 0 bridgehead atoms. The second-order valence-corrected chi connectivity index (χ2v) is 4.17. The Morgan fingerprint density at radius 1 is 1.58 bits per heavy atom. The number of aliphatic hydroxyl groups is 2. The summed E-state index contributed by atoms with van der Waals surface area (Å²) in [5, 5.41) is 34.8. The van der Waals surface area contributed by atoms with Gasteiger partial charge in [0.1, 0.15) is 12.4 Å². The molecule has 2 rings (SSSR count). The van der Waals surface area contributed by atoms with E-state index < -0.39 is 17.6 Å². The number of ether oxygens (including phenoxy) is 1. The first-order valence-corrected chi connectivity index (χ1v) is 5.77. The van der Waals surface area contributed by atoms with Gasteiger partial charge in [-0.3, -0.25) is 10.1 Å². The van der Waals surface area contributed by atoms with Gasteiger partial charge in [-0.25, -0.2) is 0 Å². The third-order valence-electron chi connectivity index (χ3n) is 2.78. The van der Waals surface area contributed by atoms with Crippen LogP contribution in [0.15, 0.2) is 12.1 Å². The summed E-state index contributed by atoms with van der Waals surface area (Å²) in [6.07, 6.45) is -0.966. The molecule has 0 aliphatic carbocycles. The second-order valence-electron chi connectivity index (χ2n) is 4.17. The number of nitrogens with zero attached hydrogens (tertiary/aromatic N) is 1. The Morgan fingerprint density at radius 2 is 2.37 bits per heavy atom. The lowest BCUT2D eigenvalue weighted by Crippen LogP contribution is -2.23. The number of hydrogen-bond donors (Lipinski definition) is 4. The Balaban J connectivity index is 2.26. The lowest BCUT2D eigenvalue weighted by molar-refractivity contribution is -0.384. The minimum absolute atomic E-state index is 0.0344. The molecule has 0 fully saturated rings. The van der Waals surface area contributed by atoms with E-state index in [1.807, 2.05) is 0 Å². The number of fused-ring (bicyclic) bond motifs is 1. The van der Waals surface area contributed by atoms with Gasteiger partial charge in [0.2, 0.25) is 0 Å². The summed E-state index contributed by atoms with van der Waals surface area (Å²) in [5.41, 5.74) is 1.69. The minimum Gasteiger partial charge on any atom is -0.394 e. The van der Waals surface area contributed by atoms with Crippen LogP contribution in [0.25, 0.3) is 0 Å². The van der Waals surface area contributed by atoms with Crippen LogP contribution in [0.4, 0.5) is 17.1 Å². The summed E-state index contributed by atoms with van der Waals surface area (Å²) in [6, 6.07) is 3.05. The smallest absolute Gasteiger partial charge is 0.292 e. The van der Waals surface area contributed by atoms with Crippen LogP contribution in [-0.2, 0) is 11.3 Å². The molecule has 8 nitrogen and oxygen atoms in total. The van der Waals surface area contributed by atoms with Crippen molar-refractivity contribution in [1.82, 2.24) is 0 Å². The maximum atomic E-state index is 11.0. The van der Waals surface area contributed by atoms with E-state index >= 15 is 0 Å². The highest BCUT2D eigenvalue weighted by atomic mass is 16.6. The molecule has 0 radical (unpaired) electrons. The second kappa shape index (κ2) is 5.83. The van der Waals surface area contributed by atoms with Crippen molar-refractivity contribution in [1.29, 1.82) is 0 Å². The summed E-state index contributed by atoms with van der Waals surface area (Å²) in [4.78, 5) is 10.5. The van der Waals surface area contributed by atoms with Crippen molar-refractivity contribution in [2.24, 2.45) is 0 Å². The largest absolute Gasteiger partial charge is 0.394 e. The Kier molecular flexibility index (Phi) is 4.15. The van der Waals surface area contributed by atoms with Gasteiger partial charge in [-0.1, -0.05) is 0 Å². The van der Waals surface area contributed by atoms with E-state index in [-0.39, 0.29) is 12.2 Å². The molecule has 0 aromatic heterocycles. The van der Waals surface area contributed by atoms with Gasteiger partial charge < -0.3 is 25.6 Å². The summed E-state index contributed by atoms with van der Waals surface area (Å²) in [5.74, 6) is 0. The van der Waals surface area contributed by atoms with Gasteiger partial charge in [-0.2, -0.15) is 0 Å². The Morgan fingerprint density at radius 3 is 3.05 bits per heavy atom. The fraction of sp³-hybridized carbons (Fsp3) is 0.455. The molecule has 4 N–H and O–H groups in total. The number of hydrogen-bond acceptors (Lipinski definition) is 7. The van der Waals surface area contributed by atoms with E-state index in [1.54, 1.807) is 6.07 Å². The van der Waals surface area contributed by atoms with Gasteiger partial charge in [0.15, 0.2) is 0 Å². The predicted molar refractivity (Wildman–Crippen MR) is 68.0 cm³/mol. The van der Waals surface area contributed by atoms with Crippen molar-refractivity contribution in [3.05, 3.63) is 27.8 Å². The standard InChI is InChI=1S/C11H15N3O5/c15-4-8(16)3-12-10-2-9-7(5-19-6-13-9)1-11(10)14(17)18/h1-2,8,12-13,15-16H,3-6H2. The molecule has 1 atom stereocenters. The molecule has 1 heterocycles.